The minimum absolute atomic E-state index is 0.893. The fraction of sp³-hybridized carbons (Fsp3) is 0.333. The van der Waals surface area contributed by atoms with Crippen LogP contribution < -0.4 is 0 Å². The van der Waals surface area contributed by atoms with E-state index in [1.807, 2.05) is 18.4 Å². The first-order valence-corrected chi connectivity index (χ1v) is 4.79. The van der Waals surface area contributed by atoms with Crippen LogP contribution in [0.15, 0.2) is 11.0 Å². The van der Waals surface area contributed by atoms with Gasteiger partial charge in [0.1, 0.15) is 0 Å². The minimum atomic E-state index is 0.893. The molecule has 0 radical (unpaired) electrons. The second-order valence-corrected chi connectivity index (χ2v) is 3.12. The highest BCUT2D eigenvalue weighted by molar-refractivity contribution is 9.09. The van der Waals surface area contributed by atoms with Crippen molar-refractivity contribution in [3.8, 4) is 0 Å². The highest BCUT2D eigenvalue weighted by Crippen LogP contribution is 2.06. The molecule has 0 saturated heterocycles. The smallest absolute Gasteiger partial charge is 0.0981 e. The minimum Gasteiger partial charge on any atom is -0.139 e. The Hall–Kier alpha value is -0.220. The van der Waals surface area contributed by atoms with Gasteiger partial charge in [0.25, 0.3) is 0 Å². The van der Waals surface area contributed by atoms with E-state index in [0.29, 0.717) is 0 Å². The molecule has 0 spiro atoms. The van der Waals surface area contributed by atoms with Gasteiger partial charge in [-0.05, 0) is 24.5 Å². The lowest BCUT2D eigenvalue weighted by Gasteiger charge is -1.88. The molecule has 0 saturated carbocycles. The van der Waals surface area contributed by atoms with E-state index >= 15 is 0 Å². The summed E-state index contributed by atoms with van der Waals surface area (Å²) in [6.45, 7) is 2.05. The Bertz CT molecular complexity index is 218. The number of hydrogen-bond acceptors (Lipinski definition) is 3. The lowest BCUT2D eigenvalue weighted by atomic mass is 10.3. The van der Waals surface area contributed by atoms with Crippen LogP contribution in [0.3, 0.4) is 0 Å². The molecule has 1 heterocycles. The second-order valence-electron chi connectivity index (χ2n) is 1.95. The Balaban J connectivity index is 2.71. The lowest BCUT2D eigenvalue weighted by molar-refractivity contribution is 1.14. The first-order valence-electron chi connectivity index (χ1n) is 2.83. The van der Waals surface area contributed by atoms with Crippen molar-refractivity contribution in [1.29, 1.82) is 0 Å². The third-order valence-corrected chi connectivity index (χ3v) is 2.39. The summed E-state index contributed by atoms with van der Waals surface area (Å²) in [5.74, 6) is 0. The normalized spacial score (nSPS) is 12.0. The molecule has 1 aromatic rings. The first-order chi connectivity index (χ1) is 4.83. The van der Waals surface area contributed by atoms with Crippen LogP contribution in [-0.4, -0.2) is 14.9 Å². The maximum Gasteiger partial charge on any atom is 0.0981 e. The summed E-state index contributed by atoms with van der Waals surface area (Å²) >= 11 is 4.72. The summed E-state index contributed by atoms with van der Waals surface area (Å²) < 4.78 is 3.74. The average molecular weight is 219 g/mol. The van der Waals surface area contributed by atoms with Crippen molar-refractivity contribution in [1.82, 2.24) is 9.59 Å². The molecular formula is C6H7BrN2S. The molecule has 0 amide bonds. The van der Waals surface area contributed by atoms with Crippen molar-refractivity contribution in [3.63, 3.8) is 0 Å². The summed E-state index contributed by atoms with van der Waals surface area (Å²) in [4.78, 5) is 0. The van der Waals surface area contributed by atoms with Crippen LogP contribution in [0.1, 0.15) is 12.6 Å². The zero-order valence-corrected chi connectivity index (χ0v) is 7.94. The number of alkyl halides is 1. The standard InChI is InChI=1S/C6H7BrN2S/c1-5(3-7)2-6-4-10-9-8-6/h2,4H,3H2,1H3/b5-2+. The highest BCUT2D eigenvalue weighted by Gasteiger charge is 1.90. The largest absolute Gasteiger partial charge is 0.139 e. The SMILES string of the molecule is C/C(=C\c1csnn1)CBr. The predicted molar refractivity (Wildman–Crippen MR) is 47.4 cm³/mol. The molecule has 4 heteroatoms. The van der Waals surface area contributed by atoms with Crippen LogP contribution in [0.5, 0.6) is 0 Å². The van der Waals surface area contributed by atoms with Gasteiger partial charge >= 0.3 is 0 Å². The van der Waals surface area contributed by atoms with Gasteiger partial charge in [-0.3, -0.25) is 0 Å². The summed E-state index contributed by atoms with van der Waals surface area (Å²) in [5, 5.41) is 6.69. The van der Waals surface area contributed by atoms with Crippen LogP contribution in [0.4, 0.5) is 0 Å². The van der Waals surface area contributed by atoms with Gasteiger partial charge in [0.05, 0.1) is 5.69 Å². The van der Waals surface area contributed by atoms with E-state index in [4.69, 9.17) is 0 Å². The van der Waals surface area contributed by atoms with Gasteiger partial charge in [-0.15, -0.1) is 5.10 Å². The monoisotopic (exact) mass is 218 g/mol. The Morgan fingerprint density at radius 2 is 2.70 bits per heavy atom. The quantitative estimate of drug-likeness (QED) is 0.713. The summed E-state index contributed by atoms with van der Waals surface area (Å²) in [5.41, 5.74) is 2.20. The molecule has 0 N–H and O–H groups in total. The Kier molecular flexibility index (Phi) is 3.02. The van der Waals surface area contributed by atoms with Crippen molar-refractivity contribution >= 4 is 33.5 Å². The van der Waals surface area contributed by atoms with E-state index in [1.165, 1.54) is 17.1 Å². The maximum atomic E-state index is 3.88. The van der Waals surface area contributed by atoms with Gasteiger partial charge in [-0.1, -0.05) is 26.0 Å². The number of rotatable bonds is 2. The fourth-order valence-corrected chi connectivity index (χ4v) is 1.10. The first kappa shape index (κ1) is 7.88. The number of halogens is 1. The topological polar surface area (TPSA) is 25.8 Å². The van der Waals surface area contributed by atoms with Crippen LogP contribution in [0.2, 0.25) is 0 Å². The molecule has 0 fully saturated rings. The molecule has 10 heavy (non-hydrogen) atoms. The van der Waals surface area contributed by atoms with Gasteiger partial charge in [-0.2, -0.15) is 0 Å². The van der Waals surface area contributed by atoms with Crippen molar-refractivity contribution in [2.45, 2.75) is 6.92 Å². The zero-order valence-electron chi connectivity index (χ0n) is 5.54. The van der Waals surface area contributed by atoms with E-state index in [-0.39, 0.29) is 0 Å². The molecule has 1 aromatic heterocycles. The number of aromatic nitrogens is 2. The summed E-state index contributed by atoms with van der Waals surface area (Å²) in [7, 11) is 0. The van der Waals surface area contributed by atoms with Crippen LogP contribution in [-0.2, 0) is 0 Å². The molecule has 0 bridgehead atoms. The lowest BCUT2D eigenvalue weighted by Crippen LogP contribution is -1.77. The number of nitrogens with zero attached hydrogens (tertiary/aromatic N) is 2. The van der Waals surface area contributed by atoms with Crippen molar-refractivity contribution < 1.29 is 0 Å². The van der Waals surface area contributed by atoms with E-state index in [9.17, 15) is 0 Å². The Labute approximate surface area is 72.3 Å². The van der Waals surface area contributed by atoms with Crippen LogP contribution in [0.25, 0.3) is 6.08 Å². The van der Waals surface area contributed by atoms with Crippen LogP contribution >= 0.6 is 27.5 Å². The molecule has 0 aliphatic rings. The molecule has 0 aliphatic carbocycles. The van der Waals surface area contributed by atoms with E-state index in [2.05, 4.69) is 25.5 Å². The molecule has 0 unspecified atom stereocenters. The predicted octanol–water partition coefficient (Wildman–Crippen LogP) is 2.34. The van der Waals surface area contributed by atoms with Crippen LogP contribution in [0, 0.1) is 0 Å². The van der Waals surface area contributed by atoms with Gasteiger partial charge in [0.15, 0.2) is 0 Å². The summed E-state index contributed by atoms with van der Waals surface area (Å²) in [6.07, 6.45) is 2.01. The molecular weight excluding hydrogens is 212 g/mol. The van der Waals surface area contributed by atoms with E-state index in [0.717, 1.165) is 11.0 Å². The van der Waals surface area contributed by atoms with Gasteiger partial charge in [-0.25, -0.2) is 0 Å². The highest BCUT2D eigenvalue weighted by atomic mass is 79.9. The second kappa shape index (κ2) is 3.83. The van der Waals surface area contributed by atoms with Crippen molar-refractivity contribution in [3.05, 3.63) is 16.6 Å². The van der Waals surface area contributed by atoms with Crippen molar-refractivity contribution in [2.24, 2.45) is 0 Å². The van der Waals surface area contributed by atoms with E-state index in [1.54, 1.807) is 0 Å². The molecule has 54 valence electrons. The average Bonchev–Trinajstić information content (AvgIpc) is 2.40. The summed E-state index contributed by atoms with van der Waals surface area (Å²) in [6, 6.07) is 0. The molecule has 1 rings (SSSR count). The van der Waals surface area contributed by atoms with Gasteiger partial charge in [0.2, 0.25) is 0 Å². The molecule has 0 atom stereocenters. The third-order valence-electron chi connectivity index (χ3n) is 0.982. The molecule has 0 aliphatic heterocycles. The molecule has 2 nitrogen and oxygen atoms in total. The van der Waals surface area contributed by atoms with E-state index < -0.39 is 0 Å². The Morgan fingerprint density at radius 1 is 1.90 bits per heavy atom. The molecule has 0 aromatic carbocycles. The Morgan fingerprint density at radius 3 is 3.20 bits per heavy atom. The van der Waals surface area contributed by atoms with Gasteiger partial charge < -0.3 is 0 Å². The number of allylic oxidation sites excluding steroid dienone is 1. The maximum absolute atomic E-state index is 3.88. The van der Waals surface area contributed by atoms with Gasteiger partial charge in [0, 0.05) is 10.7 Å². The van der Waals surface area contributed by atoms with Crippen molar-refractivity contribution in [2.75, 3.05) is 5.33 Å². The fourth-order valence-electron chi connectivity index (χ4n) is 0.526. The zero-order chi connectivity index (χ0) is 7.40. The number of hydrogen-bond donors (Lipinski definition) is 0. The third kappa shape index (κ3) is 2.19.